The van der Waals surface area contributed by atoms with Crippen LogP contribution in [0.3, 0.4) is 0 Å². The molecule has 0 bridgehead atoms. The smallest absolute Gasteiger partial charge is 0.253 e. The molecule has 28 heavy (non-hydrogen) atoms. The number of nitrogens with zero attached hydrogens (tertiary/aromatic N) is 2. The van der Waals surface area contributed by atoms with Crippen LogP contribution in [0.2, 0.25) is 0 Å². The first-order chi connectivity index (χ1) is 13.6. The first-order valence-electron chi connectivity index (χ1n) is 10.5. The molecule has 2 saturated heterocycles. The second-order valence-corrected chi connectivity index (χ2v) is 8.16. The second kappa shape index (κ2) is 8.36. The van der Waals surface area contributed by atoms with Gasteiger partial charge in [-0.3, -0.25) is 4.79 Å². The average molecular weight is 378 g/mol. The van der Waals surface area contributed by atoms with Crippen LogP contribution in [0.25, 0.3) is 0 Å². The summed E-state index contributed by atoms with van der Waals surface area (Å²) in [6.45, 7) is 9.86. The van der Waals surface area contributed by atoms with E-state index in [1.165, 1.54) is 35.2 Å². The number of piperidine rings is 1. The molecule has 0 unspecified atom stereocenters. The zero-order valence-electron chi connectivity index (χ0n) is 17.1. The summed E-state index contributed by atoms with van der Waals surface area (Å²) in [5, 5.41) is 3.47. The molecular formula is C24H31N3O. The third kappa shape index (κ3) is 3.93. The van der Waals surface area contributed by atoms with Crippen molar-refractivity contribution in [3.8, 4) is 0 Å². The SMILES string of the molecule is Cc1cccc(N2CCN(C(=O)c3ccc([C@@H]4CCCNC4)cc3)CC2)c1C. The molecule has 1 atom stereocenters. The van der Waals surface area contributed by atoms with Gasteiger partial charge in [0.2, 0.25) is 0 Å². The maximum absolute atomic E-state index is 12.9. The van der Waals surface area contributed by atoms with Crippen LogP contribution in [-0.2, 0) is 0 Å². The zero-order valence-corrected chi connectivity index (χ0v) is 17.1. The van der Waals surface area contributed by atoms with Crippen molar-refractivity contribution in [3.63, 3.8) is 0 Å². The largest absolute Gasteiger partial charge is 0.368 e. The van der Waals surface area contributed by atoms with Crippen molar-refractivity contribution in [1.29, 1.82) is 0 Å². The summed E-state index contributed by atoms with van der Waals surface area (Å²) in [6.07, 6.45) is 2.47. The van der Waals surface area contributed by atoms with Gasteiger partial charge in [0, 0.05) is 44.0 Å². The highest BCUT2D eigenvalue weighted by atomic mass is 16.2. The number of rotatable bonds is 3. The normalized spacial score (nSPS) is 20.3. The molecule has 0 aliphatic carbocycles. The van der Waals surface area contributed by atoms with E-state index in [1.807, 2.05) is 17.0 Å². The number of nitrogens with one attached hydrogen (secondary N) is 1. The average Bonchev–Trinajstić information content (AvgIpc) is 2.76. The summed E-state index contributed by atoms with van der Waals surface area (Å²) in [5.74, 6) is 0.743. The molecule has 2 fully saturated rings. The van der Waals surface area contributed by atoms with Crippen LogP contribution >= 0.6 is 0 Å². The van der Waals surface area contributed by atoms with Crippen molar-refractivity contribution in [2.24, 2.45) is 0 Å². The molecule has 2 heterocycles. The standard InChI is InChI=1S/C24H31N3O/c1-18-5-3-7-23(19(18)2)26-13-15-27(16-14-26)24(28)21-10-8-20(9-11-21)22-6-4-12-25-17-22/h3,5,7-11,22,25H,4,6,12-17H2,1-2H3/t22-/m1/s1. The monoisotopic (exact) mass is 377 g/mol. The summed E-state index contributed by atoms with van der Waals surface area (Å²) in [5.41, 5.74) is 6.13. The number of carbonyl (C=O) groups excluding carboxylic acids is 1. The summed E-state index contributed by atoms with van der Waals surface area (Å²) >= 11 is 0. The molecule has 0 spiro atoms. The van der Waals surface area contributed by atoms with E-state index in [1.54, 1.807) is 0 Å². The lowest BCUT2D eigenvalue weighted by atomic mass is 9.91. The lowest BCUT2D eigenvalue weighted by Crippen LogP contribution is -2.49. The molecule has 1 N–H and O–H groups in total. The lowest BCUT2D eigenvalue weighted by Gasteiger charge is -2.37. The van der Waals surface area contributed by atoms with Crippen molar-refractivity contribution in [3.05, 3.63) is 64.7 Å². The maximum Gasteiger partial charge on any atom is 0.253 e. The topological polar surface area (TPSA) is 35.6 Å². The van der Waals surface area contributed by atoms with E-state index in [0.717, 1.165) is 44.8 Å². The molecule has 4 nitrogen and oxygen atoms in total. The molecule has 148 valence electrons. The van der Waals surface area contributed by atoms with Crippen LogP contribution in [0.15, 0.2) is 42.5 Å². The minimum atomic E-state index is 0.161. The number of hydrogen-bond donors (Lipinski definition) is 1. The van der Waals surface area contributed by atoms with Crippen molar-refractivity contribution >= 4 is 11.6 Å². The molecule has 2 aromatic carbocycles. The second-order valence-electron chi connectivity index (χ2n) is 8.16. The Morgan fingerprint density at radius 3 is 2.43 bits per heavy atom. The minimum absolute atomic E-state index is 0.161. The molecule has 2 aromatic rings. The van der Waals surface area contributed by atoms with E-state index in [2.05, 4.69) is 54.4 Å². The Bertz CT molecular complexity index is 816. The van der Waals surface area contributed by atoms with Gasteiger partial charge in [0.25, 0.3) is 5.91 Å². The fourth-order valence-electron chi connectivity index (χ4n) is 4.45. The highest BCUT2D eigenvalue weighted by Crippen LogP contribution is 2.25. The van der Waals surface area contributed by atoms with Gasteiger partial charge in [-0.1, -0.05) is 24.3 Å². The van der Waals surface area contributed by atoms with Crippen molar-refractivity contribution in [1.82, 2.24) is 10.2 Å². The third-order valence-electron chi connectivity index (χ3n) is 6.41. The van der Waals surface area contributed by atoms with Crippen LogP contribution in [-0.4, -0.2) is 50.1 Å². The Balaban J connectivity index is 1.38. The fourth-order valence-corrected chi connectivity index (χ4v) is 4.45. The Hall–Kier alpha value is -2.33. The van der Waals surface area contributed by atoms with Gasteiger partial charge < -0.3 is 15.1 Å². The number of benzene rings is 2. The van der Waals surface area contributed by atoms with Gasteiger partial charge in [-0.05, 0) is 74.0 Å². The van der Waals surface area contributed by atoms with Crippen molar-refractivity contribution in [2.45, 2.75) is 32.6 Å². The molecule has 4 rings (SSSR count). The van der Waals surface area contributed by atoms with Crippen molar-refractivity contribution in [2.75, 3.05) is 44.2 Å². The summed E-state index contributed by atoms with van der Waals surface area (Å²) in [4.78, 5) is 17.4. The van der Waals surface area contributed by atoms with Crippen LogP contribution < -0.4 is 10.2 Å². The molecular weight excluding hydrogens is 346 g/mol. The minimum Gasteiger partial charge on any atom is -0.368 e. The molecule has 0 saturated carbocycles. The van der Waals surface area contributed by atoms with Gasteiger partial charge in [0.05, 0.1) is 0 Å². The molecule has 1 amide bonds. The number of anilines is 1. The number of piperazine rings is 1. The lowest BCUT2D eigenvalue weighted by molar-refractivity contribution is 0.0746. The highest BCUT2D eigenvalue weighted by molar-refractivity contribution is 5.94. The molecule has 0 radical (unpaired) electrons. The van der Waals surface area contributed by atoms with Crippen LogP contribution in [0.1, 0.15) is 45.8 Å². The summed E-state index contributed by atoms with van der Waals surface area (Å²) in [6, 6.07) is 14.8. The van der Waals surface area contributed by atoms with Gasteiger partial charge in [-0.2, -0.15) is 0 Å². The fraction of sp³-hybridized carbons (Fsp3) is 0.458. The first kappa shape index (κ1) is 19.0. The van der Waals surface area contributed by atoms with Crippen LogP contribution in [0.4, 0.5) is 5.69 Å². The van der Waals surface area contributed by atoms with Gasteiger partial charge in [-0.15, -0.1) is 0 Å². The Morgan fingerprint density at radius 2 is 1.75 bits per heavy atom. The summed E-state index contributed by atoms with van der Waals surface area (Å²) in [7, 11) is 0. The quantitative estimate of drug-likeness (QED) is 0.885. The van der Waals surface area contributed by atoms with Crippen LogP contribution in [0.5, 0.6) is 0 Å². The van der Waals surface area contributed by atoms with E-state index < -0.39 is 0 Å². The Kier molecular flexibility index (Phi) is 5.67. The van der Waals surface area contributed by atoms with E-state index >= 15 is 0 Å². The van der Waals surface area contributed by atoms with E-state index in [-0.39, 0.29) is 5.91 Å². The number of hydrogen-bond acceptors (Lipinski definition) is 3. The highest BCUT2D eigenvalue weighted by Gasteiger charge is 2.23. The zero-order chi connectivity index (χ0) is 19.5. The Morgan fingerprint density at radius 1 is 1.00 bits per heavy atom. The first-order valence-corrected chi connectivity index (χ1v) is 10.5. The van der Waals surface area contributed by atoms with Crippen LogP contribution in [0, 0.1) is 13.8 Å². The van der Waals surface area contributed by atoms with E-state index in [0.29, 0.717) is 5.92 Å². The molecule has 0 aromatic heterocycles. The summed E-state index contributed by atoms with van der Waals surface area (Å²) < 4.78 is 0. The van der Waals surface area contributed by atoms with Gasteiger partial charge in [0.15, 0.2) is 0 Å². The van der Waals surface area contributed by atoms with Gasteiger partial charge >= 0.3 is 0 Å². The number of carbonyl (C=O) groups is 1. The number of amides is 1. The number of aryl methyl sites for hydroxylation is 1. The van der Waals surface area contributed by atoms with Crippen molar-refractivity contribution < 1.29 is 4.79 Å². The maximum atomic E-state index is 12.9. The van der Waals surface area contributed by atoms with Gasteiger partial charge in [-0.25, -0.2) is 0 Å². The molecule has 2 aliphatic heterocycles. The van der Waals surface area contributed by atoms with E-state index in [9.17, 15) is 4.79 Å². The predicted molar refractivity (Wildman–Crippen MR) is 115 cm³/mol. The Labute approximate surface area is 168 Å². The predicted octanol–water partition coefficient (Wildman–Crippen LogP) is 3.73. The molecule has 4 heteroatoms. The van der Waals surface area contributed by atoms with Gasteiger partial charge in [0.1, 0.15) is 0 Å². The van der Waals surface area contributed by atoms with E-state index in [4.69, 9.17) is 0 Å². The molecule has 2 aliphatic rings. The third-order valence-corrected chi connectivity index (χ3v) is 6.41.